The predicted molar refractivity (Wildman–Crippen MR) is 96.4 cm³/mol. The smallest absolute Gasteiger partial charge is 0.338 e. The number of carbonyl (C=O) groups is 2. The molecule has 3 rings (SSSR count). The van der Waals surface area contributed by atoms with E-state index in [9.17, 15) is 14.0 Å². The van der Waals surface area contributed by atoms with E-state index in [4.69, 9.17) is 25.8 Å². The van der Waals surface area contributed by atoms with E-state index < -0.39 is 35.4 Å². The molecule has 0 aromatic heterocycles. The van der Waals surface area contributed by atoms with Crippen molar-refractivity contribution in [2.75, 3.05) is 6.61 Å². The summed E-state index contributed by atoms with van der Waals surface area (Å²) in [6.45, 7) is 0.885. The van der Waals surface area contributed by atoms with Gasteiger partial charge in [-0.15, -0.1) is 0 Å². The summed E-state index contributed by atoms with van der Waals surface area (Å²) in [7, 11) is 0. The summed E-state index contributed by atoms with van der Waals surface area (Å²) >= 11 is 5.93. The number of ether oxygens (including phenoxy) is 3. The van der Waals surface area contributed by atoms with Gasteiger partial charge in [0.2, 0.25) is 0 Å². The Kier molecular flexibility index (Phi) is 5.77. The van der Waals surface area contributed by atoms with Crippen LogP contribution in [0.25, 0.3) is 0 Å². The maximum absolute atomic E-state index is 15.0. The minimum absolute atomic E-state index is 0.270. The molecule has 0 spiro atoms. The Morgan fingerprint density at radius 1 is 1.04 bits per heavy atom. The molecule has 1 saturated heterocycles. The molecule has 0 radical (unpaired) electrons. The predicted octanol–water partition coefficient (Wildman–Crippen LogP) is 3.76. The van der Waals surface area contributed by atoms with Crippen molar-refractivity contribution in [2.45, 2.75) is 30.4 Å². The van der Waals surface area contributed by atoms with Crippen LogP contribution in [-0.4, -0.2) is 42.0 Å². The highest BCUT2D eigenvalue weighted by molar-refractivity contribution is 6.20. The average molecular weight is 393 g/mol. The van der Waals surface area contributed by atoms with Gasteiger partial charge in [-0.2, -0.15) is 0 Å². The summed E-state index contributed by atoms with van der Waals surface area (Å²) in [4.78, 5) is 24.4. The van der Waals surface area contributed by atoms with Crippen LogP contribution in [0.5, 0.6) is 0 Å². The fourth-order valence-corrected chi connectivity index (χ4v) is 3.00. The molecule has 1 aliphatic heterocycles. The molecular weight excluding hydrogens is 375 g/mol. The summed E-state index contributed by atoms with van der Waals surface area (Å²) in [5.74, 6) is -1.30. The highest BCUT2D eigenvalue weighted by atomic mass is 35.5. The largest absolute Gasteiger partial charge is 0.459 e. The highest BCUT2D eigenvalue weighted by Gasteiger charge is 2.56. The third-order valence-corrected chi connectivity index (χ3v) is 4.79. The molecule has 7 heteroatoms. The standard InChI is InChI=1S/C20H18ClFO5/c1-20(22)16(27-18(24)14-10-6-3-7-11-14)15(26-19(20)21)12-25-17(23)13-8-4-2-5-9-13/h2-11,15-16,19H,12H2,1H3/t15-,16-,19?,20?/m1/s1. The van der Waals surface area contributed by atoms with Gasteiger partial charge in [0.25, 0.3) is 0 Å². The molecule has 1 fully saturated rings. The first-order chi connectivity index (χ1) is 12.9. The lowest BCUT2D eigenvalue weighted by Crippen LogP contribution is -2.44. The number of alkyl halides is 2. The Bertz CT molecular complexity index is 797. The third-order valence-electron chi connectivity index (χ3n) is 4.26. The first-order valence-corrected chi connectivity index (χ1v) is 8.80. The molecule has 142 valence electrons. The maximum atomic E-state index is 15.0. The molecule has 1 heterocycles. The number of rotatable bonds is 5. The van der Waals surface area contributed by atoms with Crippen LogP contribution in [-0.2, 0) is 14.2 Å². The maximum Gasteiger partial charge on any atom is 0.338 e. The number of hydrogen-bond acceptors (Lipinski definition) is 5. The Labute approximate surface area is 161 Å². The molecule has 0 amide bonds. The average Bonchev–Trinajstić information content (AvgIpc) is 2.90. The van der Waals surface area contributed by atoms with Crippen molar-refractivity contribution in [1.29, 1.82) is 0 Å². The molecule has 0 N–H and O–H groups in total. The van der Waals surface area contributed by atoms with E-state index in [-0.39, 0.29) is 12.2 Å². The quantitative estimate of drug-likeness (QED) is 0.572. The van der Waals surface area contributed by atoms with Crippen molar-refractivity contribution in [3.8, 4) is 0 Å². The lowest BCUT2D eigenvalue weighted by Gasteiger charge is -2.25. The fourth-order valence-electron chi connectivity index (χ4n) is 2.74. The summed E-state index contributed by atoms with van der Waals surface area (Å²) in [5, 5.41) is 0. The van der Waals surface area contributed by atoms with Crippen LogP contribution in [0.15, 0.2) is 60.7 Å². The molecule has 27 heavy (non-hydrogen) atoms. The normalized spacial score (nSPS) is 27.1. The number of halogens is 2. The van der Waals surface area contributed by atoms with E-state index in [1.54, 1.807) is 60.7 Å². The molecular formula is C20H18ClFO5. The molecule has 2 aromatic carbocycles. The monoisotopic (exact) mass is 392 g/mol. The van der Waals surface area contributed by atoms with E-state index in [0.29, 0.717) is 5.56 Å². The summed E-state index contributed by atoms with van der Waals surface area (Å²) in [6.07, 6.45) is -2.35. The van der Waals surface area contributed by atoms with Crippen molar-refractivity contribution >= 4 is 23.5 Å². The first-order valence-electron chi connectivity index (χ1n) is 8.36. The second-order valence-corrected chi connectivity index (χ2v) is 6.69. The van der Waals surface area contributed by atoms with E-state index in [1.807, 2.05) is 0 Å². The van der Waals surface area contributed by atoms with Gasteiger partial charge in [-0.1, -0.05) is 48.0 Å². The highest BCUT2D eigenvalue weighted by Crippen LogP contribution is 2.39. The van der Waals surface area contributed by atoms with Gasteiger partial charge in [0.1, 0.15) is 12.7 Å². The fraction of sp³-hybridized carbons (Fsp3) is 0.300. The molecule has 0 saturated carbocycles. The van der Waals surface area contributed by atoms with Gasteiger partial charge >= 0.3 is 11.9 Å². The van der Waals surface area contributed by atoms with Gasteiger partial charge in [0, 0.05) is 0 Å². The van der Waals surface area contributed by atoms with E-state index >= 15 is 0 Å². The van der Waals surface area contributed by atoms with Crippen molar-refractivity contribution in [1.82, 2.24) is 0 Å². The molecule has 0 bridgehead atoms. The number of esters is 2. The molecule has 4 atom stereocenters. The second kappa shape index (κ2) is 8.06. The summed E-state index contributed by atoms with van der Waals surface area (Å²) in [5.41, 5.74) is -2.87. The van der Waals surface area contributed by atoms with Gasteiger partial charge in [-0.3, -0.25) is 0 Å². The SMILES string of the molecule is CC1(F)C(Cl)O[C@H](COC(=O)c2ccccc2)[C@H]1OC(=O)c1ccccc1. The van der Waals surface area contributed by atoms with Gasteiger partial charge < -0.3 is 14.2 Å². The lowest BCUT2D eigenvalue weighted by molar-refractivity contribution is -0.0423. The zero-order valence-electron chi connectivity index (χ0n) is 14.5. The molecule has 5 nitrogen and oxygen atoms in total. The van der Waals surface area contributed by atoms with Crippen LogP contribution in [0.1, 0.15) is 27.6 Å². The molecule has 1 aliphatic rings. The Balaban J connectivity index is 1.69. The molecule has 0 aliphatic carbocycles. The topological polar surface area (TPSA) is 61.8 Å². The van der Waals surface area contributed by atoms with Crippen LogP contribution in [0.3, 0.4) is 0 Å². The minimum atomic E-state index is -2.14. The summed E-state index contributed by atoms with van der Waals surface area (Å²) < 4.78 is 30.8. The number of benzene rings is 2. The zero-order valence-corrected chi connectivity index (χ0v) is 15.3. The van der Waals surface area contributed by atoms with Crippen molar-refractivity contribution in [2.24, 2.45) is 0 Å². The van der Waals surface area contributed by atoms with Gasteiger partial charge in [0.15, 0.2) is 17.3 Å². The van der Waals surface area contributed by atoms with E-state index in [1.165, 1.54) is 6.92 Å². The zero-order chi connectivity index (χ0) is 19.4. The second-order valence-electron chi connectivity index (χ2n) is 6.30. The van der Waals surface area contributed by atoms with Crippen LogP contribution < -0.4 is 0 Å². The number of hydrogen-bond donors (Lipinski definition) is 0. The van der Waals surface area contributed by atoms with Crippen LogP contribution in [0.2, 0.25) is 0 Å². The van der Waals surface area contributed by atoms with Crippen LogP contribution in [0.4, 0.5) is 4.39 Å². The van der Waals surface area contributed by atoms with Crippen molar-refractivity contribution in [3.05, 3.63) is 71.8 Å². The van der Waals surface area contributed by atoms with Crippen molar-refractivity contribution in [3.63, 3.8) is 0 Å². The van der Waals surface area contributed by atoms with Gasteiger partial charge in [0.05, 0.1) is 11.1 Å². The molecule has 2 aromatic rings. The lowest BCUT2D eigenvalue weighted by atomic mass is 10.0. The van der Waals surface area contributed by atoms with E-state index in [2.05, 4.69) is 0 Å². The van der Waals surface area contributed by atoms with E-state index in [0.717, 1.165) is 0 Å². The third kappa shape index (κ3) is 4.28. The molecule has 2 unspecified atom stereocenters. The minimum Gasteiger partial charge on any atom is -0.459 e. The van der Waals surface area contributed by atoms with Crippen LogP contribution in [0, 0.1) is 0 Å². The van der Waals surface area contributed by atoms with Gasteiger partial charge in [-0.25, -0.2) is 14.0 Å². The van der Waals surface area contributed by atoms with Crippen LogP contribution >= 0.6 is 11.6 Å². The summed E-state index contributed by atoms with van der Waals surface area (Å²) in [6, 6.07) is 16.5. The number of carbonyl (C=O) groups excluding carboxylic acids is 2. The Morgan fingerprint density at radius 2 is 1.56 bits per heavy atom. The Morgan fingerprint density at radius 3 is 2.11 bits per heavy atom. The Hall–Kier alpha value is -2.44. The van der Waals surface area contributed by atoms with Gasteiger partial charge in [-0.05, 0) is 31.2 Å². The van der Waals surface area contributed by atoms with Crippen molar-refractivity contribution < 1.29 is 28.2 Å². The first kappa shape index (κ1) is 19.3.